The maximum absolute atomic E-state index is 5.75. The molecule has 90 valence electrons. The second-order valence-corrected chi connectivity index (χ2v) is 5.40. The van der Waals surface area contributed by atoms with Crippen LogP contribution in [0.15, 0.2) is 46.7 Å². The molecule has 0 radical (unpaired) electrons. The predicted octanol–water partition coefficient (Wildman–Crippen LogP) is 3.85. The van der Waals surface area contributed by atoms with Gasteiger partial charge in [-0.25, -0.2) is 9.97 Å². The lowest BCUT2D eigenvalue weighted by Crippen LogP contribution is -1.98. The van der Waals surface area contributed by atoms with Crippen molar-refractivity contribution in [2.45, 2.75) is 6.61 Å². The smallest absolute Gasteiger partial charge is 0.240 e. The van der Waals surface area contributed by atoms with Crippen LogP contribution in [-0.2, 0) is 6.61 Å². The second-order valence-electron chi connectivity index (χ2n) is 3.59. The Kier molecular flexibility index (Phi) is 3.34. The third-order valence-electron chi connectivity index (χ3n) is 2.39. The molecule has 18 heavy (non-hydrogen) atoms. The van der Waals surface area contributed by atoms with E-state index in [0.717, 1.165) is 11.3 Å². The van der Waals surface area contributed by atoms with Gasteiger partial charge >= 0.3 is 0 Å². The minimum atomic E-state index is 0.535. The van der Waals surface area contributed by atoms with Gasteiger partial charge < -0.3 is 4.74 Å². The number of aromatic nitrogens is 2. The lowest BCUT2D eigenvalue weighted by atomic mass is 10.2. The molecule has 0 unspecified atom stereocenters. The van der Waals surface area contributed by atoms with E-state index < -0.39 is 0 Å². The van der Waals surface area contributed by atoms with Gasteiger partial charge in [0, 0.05) is 28.2 Å². The highest BCUT2D eigenvalue weighted by Crippen LogP contribution is 2.27. The van der Waals surface area contributed by atoms with Crippen LogP contribution in [0.25, 0.3) is 11.3 Å². The molecular weight excluding hydrogens is 264 g/mol. The second kappa shape index (κ2) is 5.29. The van der Waals surface area contributed by atoms with E-state index in [1.807, 2.05) is 34.3 Å². The first kappa shape index (κ1) is 11.4. The van der Waals surface area contributed by atoms with Gasteiger partial charge in [0.25, 0.3) is 0 Å². The van der Waals surface area contributed by atoms with E-state index in [-0.39, 0.29) is 0 Å². The van der Waals surface area contributed by atoms with E-state index in [9.17, 15) is 0 Å². The Balaban J connectivity index is 1.84. The van der Waals surface area contributed by atoms with Gasteiger partial charge in [-0.2, -0.15) is 11.3 Å². The quantitative estimate of drug-likeness (QED) is 0.725. The molecule has 0 atom stereocenters. The van der Waals surface area contributed by atoms with Crippen LogP contribution in [0.2, 0.25) is 0 Å². The Morgan fingerprint density at radius 3 is 2.83 bits per heavy atom. The van der Waals surface area contributed by atoms with Crippen molar-refractivity contribution >= 4 is 22.7 Å². The Hall–Kier alpha value is -1.72. The average molecular weight is 274 g/mol. The largest absolute Gasteiger partial charge is 0.470 e. The Bertz CT molecular complexity index is 606. The van der Waals surface area contributed by atoms with Crippen LogP contribution in [0.3, 0.4) is 0 Å². The highest BCUT2D eigenvalue weighted by Gasteiger charge is 2.09. The lowest BCUT2D eigenvalue weighted by Gasteiger charge is -2.07. The van der Waals surface area contributed by atoms with E-state index in [1.54, 1.807) is 35.1 Å². The summed E-state index contributed by atoms with van der Waals surface area (Å²) in [5.74, 6) is 0.587. The normalized spacial score (nSPS) is 10.4. The molecule has 0 amide bonds. The van der Waals surface area contributed by atoms with Crippen LogP contribution in [0.5, 0.6) is 5.88 Å². The third-order valence-corrected chi connectivity index (χ3v) is 3.92. The molecule has 0 fully saturated rings. The fraction of sp³-hybridized carbons (Fsp3) is 0.0769. The van der Waals surface area contributed by atoms with Crippen LogP contribution in [0, 0.1) is 0 Å². The number of nitrogens with zero attached hydrogens (tertiary/aromatic N) is 2. The topological polar surface area (TPSA) is 35.0 Å². The van der Waals surface area contributed by atoms with Gasteiger partial charge in [0.15, 0.2) is 0 Å². The molecular formula is C13H10N2OS2. The molecule has 0 spiro atoms. The number of rotatable bonds is 4. The summed E-state index contributed by atoms with van der Waals surface area (Å²) in [5, 5.41) is 6.10. The molecule has 3 nitrogen and oxygen atoms in total. The van der Waals surface area contributed by atoms with Gasteiger partial charge in [0.1, 0.15) is 12.3 Å². The minimum Gasteiger partial charge on any atom is -0.470 e. The van der Waals surface area contributed by atoms with Crippen molar-refractivity contribution in [2.24, 2.45) is 0 Å². The van der Waals surface area contributed by atoms with Crippen molar-refractivity contribution < 1.29 is 4.74 Å². The zero-order chi connectivity index (χ0) is 12.2. The first-order valence-electron chi connectivity index (χ1n) is 5.42. The Morgan fingerprint density at radius 1 is 1.11 bits per heavy atom. The van der Waals surface area contributed by atoms with Gasteiger partial charge in [-0.05, 0) is 22.9 Å². The summed E-state index contributed by atoms with van der Waals surface area (Å²) in [6.45, 7) is 0.535. The zero-order valence-electron chi connectivity index (χ0n) is 9.45. The first-order valence-corrected chi connectivity index (χ1v) is 7.24. The SMILES string of the molecule is c1csc(COc2nccnc2-c2ccsc2)c1. The maximum atomic E-state index is 5.75. The monoisotopic (exact) mass is 274 g/mol. The van der Waals surface area contributed by atoms with Crippen LogP contribution >= 0.6 is 22.7 Å². The van der Waals surface area contributed by atoms with Gasteiger partial charge in [0.2, 0.25) is 5.88 Å². The van der Waals surface area contributed by atoms with Gasteiger partial charge in [-0.3, -0.25) is 0 Å². The van der Waals surface area contributed by atoms with Crippen LogP contribution < -0.4 is 4.74 Å². The van der Waals surface area contributed by atoms with Gasteiger partial charge in [-0.15, -0.1) is 11.3 Å². The van der Waals surface area contributed by atoms with Crippen molar-refractivity contribution in [1.82, 2.24) is 9.97 Å². The van der Waals surface area contributed by atoms with Crippen molar-refractivity contribution in [3.63, 3.8) is 0 Å². The third kappa shape index (κ3) is 2.42. The zero-order valence-corrected chi connectivity index (χ0v) is 11.1. The predicted molar refractivity (Wildman–Crippen MR) is 74.0 cm³/mol. The van der Waals surface area contributed by atoms with E-state index in [0.29, 0.717) is 12.5 Å². The molecule has 0 N–H and O–H groups in total. The van der Waals surface area contributed by atoms with Crippen LogP contribution in [0.4, 0.5) is 0 Å². The molecule has 0 bridgehead atoms. The summed E-state index contributed by atoms with van der Waals surface area (Å²) in [4.78, 5) is 9.78. The summed E-state index contributed by atoms with van der Waals surface area (Å²) in [6.07, 6.45) is 3.34. The molecule has 0 saturated carbocycles. The molecule has 3 aromatic rings. The first-order chi connectivity index (χ1) is 8.93. The molecule has 5 heteroatoms. The van der Waals surface area contributed by atoms with Crippen LogP contribution in [0.1, 0.15) is 4.88 Å². The molecule has 0 aliphatic heterocycles. The molecule has 0 aliphatic rings. The van der Waals surface area contributed by atoms with Crippen molar-refractivity contribution in [2.75, 3.05) is 0 Å². The standard InChI is InChI=1S/C13H10N2OS2/c1-2-11(18-6-1)8-16-13-12(14-4-5-15-13)10-3-7-17-9-10/h1-7,9H,8H2. The number of thiophene rings is 2. The molecule has 0 aromatic carbocycles. The fourth-order valence-corrected chi connectivity index (χ4v) is 2.82. The van der Waals surface area contributed by atoms with E-state index in [1.165, 1.54) is 4.88 Å². The number of hydrogen-bond donors (Lipinski definition) is 0. The highest BCUT2D eigenvalue weighted by molar-refractivity contribution is 7.09. The van der Waals surface area contributed by atoms with E-state index in [4.69, 9.17) is 4.74 Å². The summed E-state index contributed by atoms with van der Waals surface area (Å²) < 4.78 is 5.75. The highest BCUT2D eigenvalue weighted by atomic mass is 32.1. The number of ether oxygens (including phenoxy) is 1. The summed E-state index contributed by atoms with van der Waals surface area (Å²) >= 11 is 3.31. The molecule has 3 heterocycles. The number of hydrogen-bond acceptors (Lipinski definition) is 5. The van der Waals surface area contributed by atoms with Crippen molar-refractivity contribution in [1.29, 1.82) is 0 Å². The Morgan fingerprint density at radius 2 is 2.06 bits per heavy atom. The summed E-state index contributed by atoms with van der Waals surface area (Å²) in [7, 11) is 0. The summed E-state index contributed by atoms with van der Waals surface area (Å²) in [6, 6.07) is 6.08. The maximum Gasteiger partial charge on any atom is 0.240 e. The van der Waals surface area contributed by atoms with Gasteiger partial charge in [-0.1, -0.05) is 6.07 Å². The average Bonchev–Trinajstić information content (AvgIpc) is 3.10. The fourth-order valence-electron chi connectivity index (χ4n) is 1.56. The molecule has 0 saturated heterocycles. The molecule has 3 aromatic heterocycles. The minimum absolute atomic E-state index is 0.535. The van der Waals surface area contributed by atoms with Crippen molar-refractivity contribution in [3.05, 3.63) is 51.6 Å². The van der Waals surface area contributed by atoms with Gasteiger partial charge in [0.05, 0.1) is 0 Å². The van der Waals surface area contributed by atoms with Crippen LogP contribution in [-0.4, -0.2) is 9.97 Å². The van der Waals surface area contributed by atoms with E-state index in [2.05, 4.69) is 9.97 Å². The van der Waals surface area contributed by atoms with Crippen molar-refractivity contribution in [3.8, 4) is 17.1 Å². The Labute approximate surface area is 113 Å². The lowest BCUT2D eigenvalue weighted by molar-refractivity contribution is 0.297. The molecule has 3 rings (SSSR count). The van der Waals surface area contributed by atoms with E-state index >= 15 is 0 Å². The molecule has 0 aliphatic carbocycles. The summed E-state index contributed by atoms with van der Waals surface area (Å²) in [5.41, 5.74) is 1.85.